The summed E-state index contributed by atoms with van der Waals surface area (Å²) in [5, 5.41) is 21.7. The van der Waals surface area contributed by atoms with Crippen LogP contribution in [0.2, 0.25) is 0 Å². The zero-order valence-corrected chi connectivity index (χ0v) is 10.8. The van der Waals surface area contributed by atoms with Gasteiger partial charge in [-0.2, -0.15) is 4.39 Å². The van der Waals surface area contributed by atoms with Crippen LogP contribution in [0.25, 0.3) is 0 Å². The Kier molecular flexibility index (Phi) is 4.38. The highest BCUT2D eigenvalue weighted by Crippen LogP contribution is 2.19. The molecule has 8 heteroatoms. The van der Waals surface area contributed by atoms with Gasteiger partial charge in [-0.1, -0.05) is 6.92 Å². The van der Waals surface area contributed by atoms with E-state index in [9.17, 15) is 24.1 Å². The summed E-state index contributed by atoms with van der Waals surface area (Å²) in [5.74, 6) is -3.20. The number of benzene rings is 1. The van der Waals surface area contributed by atoms with Gasteiger partial charge in [-0.25, -0.2) is 4.79 Å². The molecule has 0 radical (unpaired) electrons. The van der Waals surface area contributed by atoms with E-state index in [0.29, 0.717) is 6.07 Å². The van der Waals surface area contributed by atoms with Crippen molar-refractivity contribution in [3.8, 4) is 0 Å². The Labute approximate surface area is 113 Å². The number of hydrogen-bond donors (Lipinski definition) is 2. The average Bonchev–Trinajstić information content (AvgIpc) is 2.37. The quantitative estimate of drug-likeness (QED) is 0.632. The Morgan fingerprint density at radius 2 is 2.10 bits per heavy atom. The SMILES string of the molecule is CCC(C)(NC(=O)c1ccc([N+](=O)[O-])c(F)c1)C(=O)O. The van der Waals surface area contributed by atoms with E-state index in [1.165, 1.54) is 6.92 Å². The van der Waals surface area contributed by atoms with Crippen molar-refractivity contribution in [3.05, 3.63) is 39.7 Å². The molecule has 7 nitrogen and oxygen atoms in total. The number of carbonyl (C=O) groups excluding carboxylic acids is 1. The fraction of sp³-hybridized carbons (Fsp3) is 0.333. The van der Waals surface area contributed by atoms with Gasteiger partial charge in [0, 0.05) is 11.6 Å². The van der Waals surface area contributed by atoms with E-state index in [-0.39, 0.29) is 12.0 Å². The number of hydrogen-bond acceptors (Lipinski definition) is 4. The lowest BCUT2D eigenvalue weighted by atomic mass is 9.98. The van der Waals surface area contributed by atoms with Crippen molar-refractivity contribution >= 4 is 17.6 Å². The molecule has 1 rings (SSSR count). The minimum absolute atomic E-state index is 0.129. The summed E-state index contributed by atoms with van der Waals surface area (Å²) >= 11 is 0. The van der Waals surface area contributed by atoms with Gasteiger partial charge >= 0.3 is 11.7 Å². The van der Waals surface area contributed by atoms with Crippen LogP contribution in [0, 0.1) is 15.9 Å². The molecule has 0 saturated heterocycles. The molecule has 1 aromatic rings. The van der Waals surface area contributed by atoms with Gasteiger partial charge in [-0.15, -0.1) is 0 Å². The first-order chi connectivity index (χ1) is 9.21. The van der Waals surface area contributed by atoms with E-state index in [1.54, 1.807) is 6.92 Å². The molecule has 0 spiro atoms. The summed E-state index contributed by atoms with van der Waals surface area (Å²) in [7, 11) is 0. The summed E-state index contributed by atoms with van der Waals surface area (Å²) < 4.78 is 13.4. The molecule has 0 aliphatic rings. The van der Waals surface area contributed by atoms with Crippen molar-refractivity contribution in [2.24, 2.45) is 0 Å². The van der Waals surface area contributed by atoms with Crippen LogP contribution in [0.15, 0.2) is 18.2 Å². The molecule has 20 heavy (non-hydrogen) atoms. The molecule has 0 heterocycles. The second kappa shape index (κ2) is 5.64. The monoisotopic (exact) mass is 284 g/mol. The fourth-order valence-electron chi connectivity index (χ4n) is 1.41. The molecule has 0 bridgehead atoms. The highest BCUT2D eigenvalue weighted by Gasteiger charge is 2.33. The van der Waals surface area contributed by atoms with Gasteiger partial charge < -0.3 is 10.4 Å². The number of nitrogens with zero attached hydrogens (tertiary/aromatic N) is 1. The molecule has 1 aromatic carbocycles. The van der Waals surface area contributed by atoms with Gasteiger partial charge in [-0.05, 0) is 25.5 Å². The lowest BCUT2D eigenvalue weighted by Gasteiger charge is -2.24. The number of nitro benzene ring substituents is 1. The van der Waals surface area contributed by atoms with E-state index in [0.717, 1.165) is 12.1 Å². The summed E-state index contributed by atoms with van der Waals surface area (Å²) in [5.41, 5.74) is -2.43. The van der Waals surface area contributed by atoms with Crippen LogP contribution in [0.1, 0.15) is 30.6 Å². The number of rotatable bonds is 5. The average molecular weight is 284 g/mol. The lowest BCUT2D eigenvalue weighted by molar-refractivity contribution is -0.387. The number of carboxylic acid groups (broad SMARTS) is 1. The number of nitrogens with one attached hydrogen (secondary N) is 1. The van der Waals surface area contributed by atoms with E-state index in [2.05, 4.69) is 5.32 Å². The van der Waals surface area contributed by atoms with Crippen LogP contribution in [0.3, 0.4) is 0 Å². The smallest absolute Gasteiger partial charge is 0.329 e. The van der Waals surface area contributed by atoms with Gasteiger partial charge in [0.2, 0.25) is 5.82 Å². The molecule has 0 aliphatic heterocycles. The molecule has 1 unspecified atom stereocenters. The van der Waals surface area contributed by atoms with Crippen LogP contribution >= 0.6 is 0 Å². The first-order valence-electron chi connectivity index (χ1n) is 5.71. The predicted molar refractivity (Wildman–Crippen MR) is 66.9 cm³/mol. The summed E-state index contributed by atoms with van der Waals surface area (Å²) in [6.07, 6.45) is 0.129. The second-order valence-electron chi connectivity index (χ2n) is 4.37. The lowest BCUT2D eigenvalue weighted by Crippen LogP contribution is -2.51. The maximum atomic E-state index is 13.4. The number of amides is 1. The Morgan fingerprint density at radius 3 is 2.50 bits per heavy atom. The summed E-state index contributed by atoms with van der Waals surface area (Å²) in [6, 6.07) is 2.62. The van der Waals surface area contributed by atoms with Gasteiger partial charge in [0.1, 0.15) is 5.54 Å². The van der Waals surface area contributed by atoms with Crippen LogP contribution < -0.4 is 5.32 Å². The molecule has 2 N–H and O–H groups in total. The molecule has 108 valence electrons. The van der Waals surface area contributed by atoms with Crippen molar-refractivity contribution in [1.29, 1.82) is 0 Å². The summed E-state index contributed by atoms with van der Waals surface area (Å²) in [4.78, 5) is 32.4. The minimum atomic E-state index is -1.49. The molecule has 0 fully saturated rings. The van der Waals surface area contributed by atoms with Crippen molar-refractivity contribution in [2.75, 3.05) is 0 Å². The molecule has 0 saturated carbocycles. The van der Waals surface area contributed by atoms with Crippen molar-refractivity contribution in [2.45, 2.75) is 25.8 Å². The Balaban J connectivity index is 3.02. The number of halogens is 1. The first-order valence-corrected chi connectivity index (χ1v) is 5.71. The Bertz CT molecular complexity index is 575. The standard InChI is InChI=1S/C12H13FN2O5/c1-3-12(2,11(17)18)14-10(16)7-4-5-9(15(19)20)8(13)6-7/h4-6H,3H2,1-2H3,(H,14,16)(H,17,18). The highest BCUT2D eigenvalue weighted by atomic mass is 19.1. The van der Waals surface area contributed by atoms with Crippen molar-refractivity contribution in [3.63, 3.8) is 0 Å². The second-order valence-corrected chi connectivity index (χ2v) is 4.37. The van der Waals surface area contributed by atoms with Crippen LogP contribution in [-0.2, 0) is 4.79 Å². The van der Waals surface area contributed by atoms with Gasteiger partial charge in [0.15, 0.2) is 0 Å². The number of nitro groups is 1. The predicted octanol–water partition coefficient (Wildman–Crippen LogP) is 1.72. The molecule has 1 amide bonds. The molecular formula is C12H13FN2O5. The molecular weight excluding hydrogens is 271 g/mol. The van der Waals surface area contributed by atoms with Crippen LogP contribution in [0.4, 0.5) is 10.1 Å². The maximum Gasteiger partial charge on any atom is 0.329 e. The van der Waals surface area contributed by atoms with Crippen molar-refractivity contribution < 1.29 is 24.0 Å². The van der Waals surface area contributed by atoms with Gasteiger partial charge in [0.05, 0.1) is 4.92 Å². The number of aliphatic carboxylic acids is 1. The van der Waals surface area contributed by atoms with Gasteiger partial charge in [-0.3, -0.25) is 14.9 Å². The topological polar surface area (TPSA) is 110 Å². The first kappa shape index (κ1) is 15.5. The highest BCUT2D eigenvalue weighted by molar-refractivity contribution is 5.97. The zero-order valence-electron chi connectivity index (χ0n) is 10.8. The van der Waals surface area contributed by atoms with E-state index >= 15 is 0 Å². The summed E-state index contributed by atoms with van der Waals surface area (Å²) in [6.45, 7) is 2.89. The van der Waals surface area contributed by atoms with Crippen molar-refractivity contribution in [1.82, 2.24) is 5.32 Å². The van der Waals surface area contributed by atoms with E-state index < -0.39 is 33.8 Å². The third-order valence-corrected chi connectivity index (χ3v) is 2.98. The van der Waals surface area contributed by atoms with Crippen LogP contribution in [0.5, 0.6) is 0 Å². The maximum absolute atomic E-state index is 13.4. The number of carbonyl (C=O) groups is 2. The van der Waals surface area contributed by atoms with E-state index in [1.807, 2.05) is 0 Å². The Hall–Kier alpha value is -2.51. The molecule has 1 atom stereocenters. The van der Waals surface area contributed by atoms with Gasteiger partial charge in [0.25, 0.3) is 5.91 Å². The molecule has 0 aromatic heterocycles. The third kappa shape index (κ3) is 3.08. The third-order valence-electron chi connectivity index (χ3n) is 2.98. The zero-order chi connectivity index (χ0) is 15.5. The molecule has 0 aliphatic carbocycles. The fourth-order valence-corrected chi connectivity index (χ4v) is 1.41. The Morgan fingerprint density at radius 1 is 1.50 bits per heavy atom. The number of carboxylic acids is 1. The minimum Gasteiger partial charge on any atom is -0.480 e. The largest absolute Gasteiger partial charge is 0.480 e. The van der Waals surface area contributed by atoms with Crippen LogP contribution in [-0.4, -0.2) is 27.4 Å². The normalized spacial score (nSPS) is 13.3. The van der Waals surface area contributed by atoms with E-state index in [4.69, 9.17) is 5.11 Å².